The van der Waals surface area contributed by atoms with Gasteiger partial charge in [0, 0.05) is 13.6 Å². The number of nitrogens with zero attached hydrogens (tertiary/aromatic N) is 1. The third kappa shape index (κ3) is 3.61. The minimum Gasteiger partial charge on any atom is -0.479 e. The molecule has 1 aromatic rings. The second-order valence-electron chi connectivity index (χ2n) is 5.65. The second kappa shape index (κ2) is 6.26. The largest absolute Gasteiger partial charge is 0.479 e. The Morgan fingerprint density at radius 2 is 1.95 bits per heavy atom. The van der Waals surface area contributed by atoms with Crippen LogP contribution in [0.15, 0.2) is 18.2 Å². The molecular formula is C16H21NO4. The monoisotopic (exact) mass is 291 g/mol. The van der Waals surface area contributed by atoms with E-state index in [0.717, 1.165) is 11.1 Å². The van der Waals surface area contributed by atoms with E-state index in [1.807, 2.05) is 26.0 Å². The fraction of sp³-hybridized carbons (Fsp3) is 0.500. The summed E-state index contributed by atoms with van der Waals surface area (Å²) in [5, 5.41) is 8.90. The predicted octanol–water partition coefficient (Wildman–Crippen LogP) is 1.89. The Hall–Kier alpha value is -1.88. The number of benzene rings is 1. The standard InChI is InChI=1S/C16H21NO4/c1-10-4-5-12(11(2)8-10)9-17(3)15(18)13-6-7-14(21-13)16(19)20/h4-5,8,13-14H,6-7,9H2,1-3H3,(H,19,20)/t13-,14+/m0/s1. The fourth-order valence-corrected chi connectivity index (χ4v) is 2.60. The van der Waals surface area contributed by atoms with Gasteiger partial charge >= 0.3 is 5.97 Å². The van der Waals surface area contributed by atoms with E-state index < -0.39 is 18.2 Å². The van der Waals surface area contributed by atoms with Crippen molar-refractivity contribution >= 4 is 11.9 Å². The maximum Gasteiger partial charge on any atom is 0.332 e. The van der Waals surface area contributed by atoms with Crippen LogP contribution in [0.5, 0.6) is 0 Å². The van der Waals surface area contributed by atoms with Gasteiger partial charge in [-0.25, -0.2) is 4.79 Å². The number of ether oxygens (including phenoxy) is 1. The molecule has 0 aliphatic carbocycles. The first kappa shape index (κ1) is 15.5. The molecule has 114 valence electrons. The molecule has 0 spiro atoms. The van der Waals surface area contributed by atoms with Crippen molar-refractivity contribution in [2.75, 3.05) is 7.05 Å². The quantitative estimate of drug-likeness (QED) is 0.920. The van der Waals surface area contributed by atoms with Crippen molar-refractivity contribution < 1.29 is 19.4 Å². The number of aliphatic carboxylic acids is 1. The Morgan fingerprint density at radius 3 is 2.52 bits per heavy atom. The maximum atomic E-state index is 12.3. The third-order valence-electron chi connectivity index (χ3n) is 3.85. The van der Waals surface area contributed by atoms with Crippen molar-refractivity contribution in [3.05, 3.63) is 34.9 Å². The van der Waals surface area contributed by atoms with Crippen LogP contribution in [-0.4, -0.2) is 41.1 Å². The molecule has 0 aromatic heterocycles. The van der Waals surface area contributed by atoms with Crippen LogP contribution in [0.1, 0.15) is 29.5 Å². The highest BCUT2D eigenvalue weighted by atomic mass is 16.5. The van der Waals surface area contributed by atoms with E-state index in [4.69, 9.17) is 9.84 Å². The summed E-state index contributed by atoms with van der Waals surface area (Å²) in [6.07, 6.45) is -0.633. The molecule has 0 radical (unpaired) electrons. The summed E-state index contributed by atoms with van der Waals surface area (Å²) in [5.41, 5.74) is 3.42. The lowest BCUT2D eigenvalue weighted by Gasteiger charge is -2.22. The molecule has 5 heteroatoms. The van der Waals surface area contributed by atoms with Crippen LogP contribution in [0.25, 0.3) is 0 Å². The lowest BCUT2D eigenvalue weighted by atomic mass is 10.1. The van der Waals surface area contributed by atoms with E-state index in [-0.39, 0.29) is 5.91 Å². The molecule has 1 amide bonds. The zero-order valence-electron chi connectivity index (χ0n) is 12.6. The van der Waals surface area contributed by atoms with E-state index in [1.165, 1.54) is 5.56 Å². The summed E-state index contributed by atoms with van der Waals surface area (Å²) in [7, 11) is 1.72. The number of aryl methyl sites for hydroxylation is 2. The summed E-state index contributed by atoms with van der Waals surface area (Å²) in [6.45, 7) is 4.56. The normalized spacial score (nSPS) is 21.3. The zero-order valence-corrected chi connectivity index (χ0v) is 12.6. The van der Waals surface area contributed by atoms with Gasteiger partial charge in [0.2, 0.25) is 0 Å². The minimum atomic E-state index is -0.998. The summed E-state index contributed by atoms with van der Waals surface area (Å²) in [5.74, 6) is -1.15. The van der Waals surface area contributed by atoms with Crippen LogP contribution < -0.4 is 0 Å². The molecule has 1 aliphatic rings. The number of hydrogen-bond donors (Lipinski definition) is 1. The summed E-state index contributed by atoms with van der Waals surface area (Å²) >= 11 is 0. The van der Waals surface area contributed by atoms with Crippen molar-refractivity contribution in [3.63, 3.8) is 0 Å². The summed E-state index contributed by atoms with van der Waals surface area (Å²) in [4.78, 5) is 24.8. The molecule has 0 saturated carbocycles. The van der Waals surface area contributed by atoms with E-state index in [0.29, 0.717) is 19.4 Å². The third-order valence-corrected chi connectivity index (χ3v) is 3.85. The maximum absolute atomic E-state index is 12.3. The van der Waals surface area contributed by atoms with Crippen molar-refractivity contribution in [1.82, 2.24) is 4.90 Å². The number of hydrogen-bond acceptors (Lipinski definition) is 3. The highest BCUT2D eigenvalue weighted by molar-refractivity contribution is 5.82. The lowest BCUT2D eigenvalue weighted by Crippen LogP contribution is -2.36. The Labute approximate surface area is 124 Å². The van der Waals surface area contributed by atoms with Gasteiger partial charge in [-0.05, 0) is 37.8 Å². The first-order valence-corrected chi connectivity index (χ1v) is 7.08. The Morgan fingerprint density at radius 1 is 1.29 bits per heavy atom. The van der Waals surface area contributed by atoms with E-state index in [1.54, 1.807) is 11.9 Å². The number of carboxylic acid groups (broad SMARTS) is 1. The molecule has 1 fully saturated rings. The molecular weight excluding hydrogens is 270 g/mol. The van der Waals surface area contributed by atoms with Gasteiger partial charge in [0.25, 0.3) is 5.91 Å². The van der Waals surface area contributed by atoms with Gasteiger partial charge in [-0.3, -0.25) is 4.79 Å². The van der Waals surface area contributed by atoms with Crippen molar-refractivity contribution in [1.29, 1.82) is 0 Å². The predicted molar refractivity (Wildman–Crippen MR) is 77.9 cm³/mol. The van der Waals surface area contributed by atoms with Crippen LogP contribution in [0, 0.1) is 13.8 Å². The Kier molecular flexibility index (Phi) is 4.63. The van der Waals surface area contributed by atoms with Crippen molar-refractivity contribution in [2.24, 2.45) is 0 Å². The molecule has 2 atom stereocenters. The van der Waals surface area contributed by atoms with Crippen LogP contribution in [0.4, 0.5) is 0 Å². The Balaban J connectivity index is 1.98. The smallest absolute Gasteiger partial charge is 0.332 e. The molecule has 0 unspecified atom stereocenters. The molecule has 1 aromatic carbocycles. The average Bonchev–Trinajstić information content (AvgIpc) is 2.90. The number of carbonyl (C=O) groups is 2. The fourth-order valence-electron chi connectivity index (χ4n) is 2.60. The zero-order chi connectivity index (χ0) is 15.6. The minimum absolute atomic E-state index is 0.154. The molecule has 1 heterocycles. The van der Waals surface area contributed by atoms with Crippen molar-refractivity contribution in [2.45, 2.75) is 45.4 Å². The summed E-state index contributed by atoms with van der Waals surface area (Å²) in [6, 6.07) is 6.12. The first-order chi connectivity index (χ1) is 9.88. The number of rotatable bonds is 4. The van der Waals surface area contributed by atoms with Crippen LogP contribution in [0.2, 0.25) is 0 Å². The highest BCUT2D eigenvalue weighted by Crippen LogP contribution is 2.22. The molecule has 1 saturated heterocycles. The van der Waals surface area contributed by atoms with Gasteiger partial charge in [-0.15, -0.1) is 0 Å². The number of carbonyl (C=O) groups excluding carboxylic acids is 1. The lowest BCUT2D eigenvalue weighted by molar-refractivity contribution is -0.154. The topological polar surface area (TPSA) is 66.8 Å². The van der Waals surface area contributed by atoms with E-state index in [2.05, 4.69) is 6.07 Å². The summed E-state index contributed by atoms with van der Waals surface area (Å²) < 4.78 is 5.30. The molecule has 5 nitrogen and oxygen atoms in total. The molecule has 0 bridgehead atoms. The molecule has 1 N–H and O–H groups in total. The number of carboxylic acids is 1. The van der Waals surface area contributed by atoms with Crippen LogP contribution in [0.3, 0.4) is 0 Å². The van der Waals surface area contributed by atoms with Gasteiger partial charge in [0.05, 0.1) is 0 Å². The van der Waals surface area contributed by atoms with E-state index in [9.17, 15) is 9.59 Å². The van der Waals surface area contributed by atoms with Crippen molar-refractivity contribution in [3.8, 4) is 0 Å². The van der Waals surface area contributed by atoms with E-state index >= 15 is 0 Å². The van der Waals surface area contributed by atoms with Gasteiger partial charge < -0.3 is 14.7 Å². The number of likely N-dealkylation sites (N-methyl/N-ethyl adjacent to an activating group) is 1. The van der Waals surface area contributed by atoms with Gasteiger partial charge in [0.1, 0.15) is 6.10 Å². The van der Waals surface area contributed by atoms with Gasteiger partial charge in [-0.1, -0.05) is 23.8 Å². The SMILES string of the molecule is Cc1ccc(CN(C)C(=O)[C@@H]2CC[C@H](C(=O)O)O2)c(C)c1. The molecule has 21 heavy (non-hydrogen) atoms. The second-order valence-corrected chi connectivity index (χ2v) is 5.65. The van der Waals surface area contributed by atoms with Crippen LogP contribution in [-0.2, 0) is 20.9 Å². The average molecular weight is 291 g/mol. The first-order valence-electron chi connectivity index (χ1n) is 7.08. The van der Waals surface area contributed by atoms with Gasteiger partial charge in [0.15, 0.2) is 6.10 Å². The molecule has 1 aliphatic heterocycles. The Bertz CT molecular complexity index is 555. The highest BCUT2D eigenvalue weighted by Gasteiger charge is 2.36. The number of amides is 1. The van der Waals surface area contributed by atoms with Gasteiger partial charge in [-0.2, -0.15) is 0 Å². The molecule has 2 rings (SSSR count). The van der Waals surface area contributed by atoms with Crippen LogP contribution >= 0.6 is 0 Å².